The second-order valence-electron chi connectivity index (χ2n) is 5.15. The molecule has 1 aliphatic rings. The van der Waals surface area contributed by atoms with Gasteiger partial charge in [0.2, 0.25) is 5.91 Å². The molecule has 104 valence electrons. The Kier molecular flexibility index (Phi) is 4.80. The standard InChI is InChI=1S/C15H22N2O2/c1-11-10-12(5-7-14(11)16)17-15(18)8-6-13-4-2-3-9-19-13/h5,7,10,13H,2-4,6,8-9,16H2,1H3,(H,17,18). The van der Waals surface area contributed by atoms with Crippen LogP contribution in [-0.2, 0) is 9.53 Å². The van der Waals surface area contributed by atoms with E-state index < -0.39 is 0 Å². The number of carbonyl (C=O) groups excluding carboxylic acids is 1. The molecule has 1 atom stereocenters. The van der Waals surface area contributed by atoms with Crippen molar-refractivity contribution in [2.24, 2.45) is 0 Å². The first kappa shape index (κ1) is 13.9. The molecule has 0 radical (unpaired) electrons. The quantitative estimate of drug-likeness (QED) is 0.820. The number of carbonyl (C=O) groups is 1. The Hall–Kier alpha value is -1.55. The summed E-state index contributed by atoms with van der Waals surface area (Å²) in [7, 11) is 0. The largest absolute Gasteiger partial charge is 0.399 e. The predicted molar refractivity (Wildman–Crippen MR) is 77.0 cm³/mol. The highest BCUT2D eigenvalue weighted by atomic mass is 16.5. The normalized spacial score (nSPS) is 19.1. The van der Waals surface area contributed by atoms with Gasteiger partial charge in [0.05, 0.1) is 6.10 Å². The average molecular weight is 262 g/mol. The van der Waals surface area contributed by atoms with Crippen LogP contribution in [-0.4, -0.2) is 18.6 Å². The van der Waals surface area contributed by atoms with E-state index in [4.69, 9.17) is 10.5 Å². The topological polar surface area (TPSA) is 64.3 Å². The van der Waals surface area contributed by atoms with Gasteiger partial charge in [-0.25, -0.2) is 0 Å². The van der Waals surface area contributed by atoms with Crippen molar-refractivity contribution in [2.75, 3.05) is 17.7 Å². The monoisotopic (exact) mass is 262 g/mol. The van der Waals surface area contributed by atoms with Crippen LogP contribution in [0.1, 0.15) is 37.7 Å². The third kappa shape index (κ3) is 4.24. The Morgan fingerprint density at radius 1 is 1.47 bits per heavy atom. The zero-order valence-corrected chi connectivity index (χ0v) is 11.4. The van der Waals surface area contributed by atoms with Crippen LogP contribution in [0.5, 0.6) is 0 Å². The summed E-state index contributed by atoms with van der Waals surface area (Å²) in [6.45, 7) is 2.77. The fraction of sp³-hybridized carbons (Fsp3) is 0.533. The van der Waals surface area contributed by atoms with Crippen LogP contribution in [0.25, 0.3) is 0 Å². The molecule has 0 saturated carbocycles. The van der Waals surface area contributed by atoms with Crippen molar-refractivity contribution in [3.63, 3.8) is 0 Å². The van der Waals surface area contributed by atoms with Crippen molar-refractivity contribution in [1.82, 2.24) is 0 Å². The number of nitrogens with one attached hydrogen (secondary N) is 1. The molecule has 1 saturated heterocycles. The fourth-order valence-corrected chi connectivity index (χ4v) is 2.30. The first-order valence-corrected chi connectivity index (χ1v) is 6.93. The van der Waals surface area contributed by atoms with Gasteiger partial charge in [-0.2, -0.15) is 0 Å². The van der Waals surface area contributed by atoms with Crippen molar-refractivity contribution in [3.05, 3.63) is 23.8 Å². The molecule has 0 aromatic heterocycles. The molecule has 0 aliphatic carbocycles. The molecule has 4 heteroatoms. The fourth-order valence-electron chi connectivity index (χ4n) is 2.30. The lowest BCUT2D eigenvalue weighted by atomic mass is 10.0. The molecule has 1 unspecified atom stereocenters. The molecule has 1 fully saturated rings. The summed E-state index contributed by atoms with van der Waals surface area (Å²) >= 11 is 0. The van der Waals surface area contributed by atoms with E-state index in [0.717, 1.165) is 42.8 Å². The summed E-state index contributed by atoms with van der Waals surface area (Å²) in [5.74, 6) is 0.0401. The lowest BCUT2D eigenvalue weighted by molar-refractivity contribution is -0.117. The predicted octanol–water partition coefficient (Wildman–Crippen LogP) is 2.87. The minimum absolute atomic E-state index is 0.0401. The molecule has 1 heterocycles. The first-order chi connectivity index (χ1) is 9.15. The lowest BCUT2D eigenvalue weighted by Crippen LogP contribution is -2.21. The number of amides is 1. The average Bonchev–Trinajstić information content (AvgIpc) is 2.42. The molecule has 4 nitrogen and oxygen atoms in total. The van der Waals surface area contributed by atoms with Crippen molar-refractivity contribution in [3.8, 4) is 0 Å². The van der Waals surface area contributed by atoms with Crippen LogP contribution >= 0.6 is 0 Å². The van der Waals surface area contributed by atoms with Gasteiger partial charge in [0.25, 0.3) is 0 Å². The summed E-state index contributed by atoms with van der Waals surface area (Å²) in [4.78, 5) is 11.9. The molecule has 0 spiro atoms. The van der Waals surface area contributed by atoms with Gasteiger partial charge in [0.15, 0.2) is 0 Å². The van der Waals surface area contributed by atoms with Gasteiger partial charge in [-0.1, -0.05) is 0 Å². The summed E-state index contributed by atoms with van der Waals surface area (Å²) < 4.78 is 5.62. The molecule has 1 aliphatic heterocycles. The SMILES string of the molecule is Cc1cc(NC(=O)CCC2CCCCO2)ccc1N. The highest BCUT2D eigenvalue weighted by Gasteiger charge is 2.15. The molecule has 2 rings (SSSR count). The van der Waals surface area contributed by atoms with E-state index in [1.54, 1.807) is 0 Å². The van der Waals surface area contributed by atoms with Crippen LogP contribution in [0.2, 0.25) is 0 Å². The van der Waals surface area contributed by atoms with Crippen molar-refractivity contribution < 1.29 is 9.53 Å². The van der Waals surface area contributed by atoms with E-state index in [9.17, 15) is 4.79 Å². The molecule has 1 aromatic rings. The number of hydrogen-bond acceptors (Lipinski definition) is 3. The summed E-state index contributed by atoms with van der Waals surface area (Å²) in [5.41, 5.74) is 8.28. The number of aryl methyl sites for hydroxylation is 1. The van der Waals surface area contributed by atoms with Crippen LogP contribution in [0.15, 0.2) is 18.2 Å². The van der Waals surface area contributed by atoms with Gasteiger partial charge in [0, 0.05) is 24.4 Å². The smallest absolute Gasteiger partial charge is 0.224 e. The van der Waals surface area contributed by atoms with Crippen molar-refractivity contribution in [1.29, 1.82) is 0 Å². The Morgan fingerprint density at radius 2 is 2.32 bits per heavy atom. The second-order valence-corrected chi connectivity index (χ2v) is 5.15. The van der Waals surface area contributed by atoms with E-state index in [1.807, 2.05) is 25.1 Å². The van der Waals surface area contributed by atoms with Crippen LogP contribution in [0, 0.1) is 6.92 Å². The van der Waals surface area contributed by atoms with Crippen LogP contribution < -0.4 is 11.1 Å². The van der Waals surface area contributed by atoms with Crippen molar-refractivity contribution >= 4 is 17.3 Å². The highest BCUT2D eigenvalue weighted by Crippen LogP contribution is 2.19. The minimum Gasteiger partial charge on any atom is -0.399 e. The van der Waals surface area contributed by atoms with Crippen LogP contribution in [0.4, 0.5) is 11.4 Å². The number of ether oxygens (including phenoxy) is 1. The number of anilines is 2. The van der Waals surface area contributed by atoms with Crippen LogP contribution in [0.3, 0.4) is 0 Å². The second kappa shape index (κ2) is 6.57. The van der Waals surface area contributed by atoms with Gasteiger partial charge in [-0.3, -0.25) is 4.79 Å². The molecule has 19 heavy (non-hydrogen) atoms. The molecule has 0 bridgehead atoms. The zero-order valence-electron chi connectivity index (χ0n) is 11.4. The Morgan fingerprint density at radius 3 is 3.00 bits per heavy atom. The molecular weight excluding hydrogens is 240 g/mol. The van der Waals surface area contributed by atoms with E-state index in [2.05, 4.69) is 5.32 Å². The van der Waals surface area contributed by atoms with Gasteiger partial charge >= 0.3 is 0 Å². The maximum atomic E-state index is 11.9. The van der Waals surface area contributed by atoms with Crippen molar-refractivity contribution in [2.45, 2.75) is 45.1 Å². The Labute approximate surface area is 114 Å². The van der Waals surface area contributed by atoms with E-state index in [1.165, 1.54) is 6.42 Å². The first-order valence-electron chi connectivity index (χ1n) is 6.93. The maximum absolute atomic E-state index is 11.9. The Bertz CT molecular complexity index is 440. The third-order valence-corrected chi connectivity index (χ3v) is 3.52. The number of nitrogen functional groups attached to an aromatic ring is 1. The number of nitrogens with two attached hydrogens (primary N) is 1. The lowest BCUT2D eigenvalue weighted by Gasteiger charge is -2.22. The van der Waals surface area contributed by atoms with E-state index in [-0.39, 0.29) is 12.0 Å². The summed E-state index contributed by atoms with van der Waals surface area (Å²) in [5, 5.41) is 2.90. The molecular formula is C15H22N2O2. The van der Waals surface area contributed by atoms with Gasteiger partial charge in [-0.15, -0.1) is 0 Å². The number of hydrogen-bond donors (Lipinski definition) is 2. The van der Waals surface area contributed by atoms with E-state index in [0.29, 0.717) is 6.42 Å². The molecule has 1 aromatic carbocycles. The number of rotatable bonds is 4. The Balaban J connectivity index is 1.78. The van der Waals surface area contributed by atoms with Gasteiger partial charge in [0.1, 0.15) is 0 Å². The molecule has 3 N–H and O–H groups in total. The molecule has 1 amide bonds. The minimum atomic E-state index is 0.0401. The maximum Gasteiger partial charge on any atom is 0.224 e. The zero-order chi connectivity index (χ0) is 13.7. The van der Waals surface area contributed by atoms with Gasteiger partial charge < -0.3 is 15.8 Å². The van der Waals surface area contributed by atoms with E-state index >= 15 is 0 Å². The highest BCUT2D eigenvalue weighted by molar-refractivity contribution is 5.91. The summed E-state index contributed by atoms with van der Waals surface area (Å²) in [6, 6.07) is 5.54. The third-order valence-electron chi connectivity index (χ3n) is 3.52. The summed E-state index contributed by atoms with van der Waals surface area (Å²) in [6.07, 6.45) is 5.01. The van der Waals surface area contributed by atoms with Gasteiger partial charge in [-0.05, 0) is 56.4 Å². The number of benzene rings is 1.